The molecule has 3 aromatic rings. The van der Waals surface area contributed by atoms with Crippen molar-refractivity contribution >= 4 is 40.9 Å². The topological polar surface area (TPSA) is 97.2 Å². The highest BCUT2D eigenvalue weighted by Crippen LogP contribution is 2.49. The standard InChI is InChI=1S/C36H48N4OS2/c1-5-7-9-11-13-17-26-31-32(36(39)40(41)35(31)38)27(18-14-12-10-8-6-2)34(43-30-20-16-15-19-28(30)37)33(26)42-29-22-21-24(3)23-25(29)4/h15-16,19-23,38-39,41H,5-14,17-18,37H2,1-4H3. The number of nitrogens with two attached hydrogens (primary N) is 1. The van der Waals surface area contributed by atoms with Crippen LogP contribution in [-0.4, -0.2) is 21.9 Å². The minimum atomic E-state index is 0.0155. The van der Waals surface area contributed by atoms with Crippen LogP contribution in [0.3, 0.4) is 0 Å². The molecular weight excluding hydrogens is 569 g/mol. The lowest BCUT2D eigenvalue weighted by Crippen LogP contribution is -2.25. The maximum absolute atomic E-state index is 11.0. The summed E-state index contributed by atoms with van der Waals surface area (Å²) >= 11 is 3.46. The zero-order valence-electron chi connectivity index (χ0n) is 26.3. The first kappa shape index (κ1) is 33.2. The van der Waals surface area contributed by atoms with Crippen LogP contribution in [0.1, 0.15) is 111 Å². The zero-order valence-corrected chi connectivity index (χ0v) is 27.9. The number of unbranched alkanes of at least 4 members (excludes halogenated alkanes) is 8. The van der Waals surface area contributed by atoms with E-state index in [1.807, 2.05) is 18.2 Å². The molecule has 1 heterocycles. The summed E-state index contributed by atoms with van der Waals surface area (Å²) in [5, 5.41) is 29.7. The second-order valence-electron chi connectivity index (χ2n) is 11.7. The van der Waals surface area contributed by atoms with Gasteiger partial charge in [0.2, 0.25) is 0 Å². The third kappa shape index (κ3) is 7.86. The van der Waals surface area contributed by atoms with E-state index in [-0.39, 0.29) is 11.7 Å². The Morgan fingerprint density at radius 2 is 1.21 bits per heavy atom. The van der Waals surface area contributed by atoms with Gasteiger partial charge in [-0.3, -0.25) is 16.0 Å². The lowest BCUT2D eigenvalue weighted by atomic mass is 9.91. The first-order chi connectivity index (χ1) is 20.8. The average Bonchev–Trinajstić information content (AvgIpc) is 3.21. The molecule has 5 nitrogen and oxygen atoms in total. The van der Waals surface area contributed by atoms with Gasteiger partial charge in [0.25, 0.3) is 0 Å². The van der Waals surface area contributed by atoms with Gasteiger partial charge in [-0.05, 0) is 74.4 Å². The maximum atomic E-state index is 11.0. The Kier molecular flexibility index (Phi) is 12.2. The summed E-state index contributed by atoms with van der Waals surface area (Å²) in [6, 6.07) is 14.6. The van der Waals surface area contributed by atoms with Crippen molar-refractivity contribution in [1.29, 1.82) is 10.8 Å². The van der Waals surface area contributed by atoms with E-state index in [4.69, 9.17) is 16.6 Å². The van der Waals surface area contributed by atoms with Crippen LogP contribution in [0.4, 0.5) is 5.69 Å². The summed E-state index contributed by atoms with van der Waals surface area (Å²) in [6.07, 6.45) is 13.0. The largest absolute Gasteiger partial charge is 0.398 e. The lowest BCUT2D eigenvalue weighted by Gasteiger charge is -2.23. The van der Waals surface area contributed by atoms with Gasteiger partial charge in [0.1, 0.15) is 0 Å². The Labute approximate surface area is 267 Å². The highest BCUT2D eigenvalue weighted by molar-refractivity contribution is 8.02. The molecule has 0 fully saturated rings. The number of aryl methyl sites for hydroxylation is 2. The Morgan fingerprint density at radius 1 is 0.698 bits per heavy atom. The van der Waals surface area contributed by atoms with E-state index in [0.717, 1.165) is 86.2 Å². The van der Waals surface area contributed by atoms with Crippen molar-refractivity contribution in [3.05, 3.63) is 75.8 Å². The Bertz CT molecular complexity index is 1450. The van der Waals surface area contributed by atoms with Crippen LogP contribution in [0.5, 0.6) is 0 Å². The molecule has 0 aromatic heterocycles. The molecule has 1 aliphatic rings. The number of nitrogens with one attached hydrogen (secondary N) is 2. The number of hydroxylamine groups is 2. The first-order valence-corrected chi connectivity index (χ1v) is 17.6. The number of nitrogen functional groups attached to an aromatic ring is 1. The SMILES string of the molecule is CCCCCCCc1c(Sc2ccc(C)cc2C)c(Sc2ccccc2N)c(CCCCCCC)c2c1C(=N)N(O)C2=N. The van der Waals surface area contributed by atoms with Crippen LogP contribution in [0, 0.1) is 24.7 Å². The highest BCUT2D eigenvalue weighted by Gasteiger charge is 2.37. The predicted octanol–water partition coefficient (Wildman–Crippen LogP) is 10.6. The highest BCUT2D eigenvalue weighted by atomic mass is 32.2. The molecule has 0 saturated heterocycles. The number of amidine groups is 2. The fourth-order valence-corrected chi connectivity index (χ4v) is 8.32. The van der Waals surface area contributed by atoms with Crippen molar-refractivity contribution < 1.29 is 5.21 Å². The van der Waals surface area contributed by atoms with E-state index in [2.05, 4.69) is 52.0 Å². The van der Waals surface area contributed by atoms with E-state index in [0.29, 0.717) is 0 Å². The van der Waals surface area contributed by atoms with Crippen LogP contribution >= 0.6 is 23.5 Å². The Hall–Kier alpha value is -2.74. The summed E-state index contributed by atoms with van der Waals surface area (Å²) < 4.78 is 0. The number of hydrogen-bond acceptors (Lipinski definition) is 6. The molecule has 0 amide bonds. The van der Waals surface area contributed by atoms with Gasteiger partial charge in [-0.1, -0.05) is 119 Å². The summed E-state index contributed by atoms with van der Waals surface area (Å²) in [7, 11) is 0. The fraction of sp³-hybridized carbons (Fsp3) is 0.444. The molecule has 0 bridgehead atoms. The van der Waals surface area contributed by atoms with Gasteiger partial charge in [0.05, 0.1) is 0 Å². The quantitative estimate of drug-likeness (QED) is 0.0948. The normalized spacial score (nSPS) is 12.8. The third-order valence-electron chi connectivity index (χ3n) is 8.24. The predicted molar refractivity (Wildman–Crippen MR) is 184 cm³/mol. The van der Waals surface area contributed by atoms with Gasteiger partial charge in [0.15, 0.2) is 11.7 Å². The smallest absolute Gasteiger partial charge is 0.160 e. The summed E-state index contributed by atoms with van der Waals surface area (Å²) in [5.74, 6) is 0.0378. The van der Waals surface area contributed by atoms with Gasteiger partial charge in [0, 0.05) is 36.4 Å². The monoisotopic (exact) mass is 616 g/mol. The molecule has 0 radical (unpaired) electrons. The van der Waals surface area contributed by atoms with E-state index in [1.54, 1.807) is 23.5 Å². The van der Waals surface area contributed by atoms with Crippen molar-refractivity contribution in [3.63, 3.8) is 0 Å². The van der Waals surface area contributed by atoms with Crippen LogP contribution < -0.4 is 5.73 Å². The molecule has 230 valence electrons. The number of nitrogens with zero attached hydrogens (tertiary/aromatic N) is 1. The van der Waals surface area contributed by atoms with E-state index >= 15 is 0 Å². The summed E-state index contributed by atoms with van der Waals surface area (Å²) in [6.45, 7) is 8.74. The molecular formula is C36H48N4OS2. The number of para-hydroxylation sites is 1. The summed E-state index contributed by atoms with van der Waals surface area (Å²) in [4.78, 5) is 4.45. The van der Waals surface area contributed by atoms with Crippen molar-refractivity contribution in [3.8, 4) is 0 Å². The van der Waals surface area contributed by atoms with Gasteiger partial charge in [-0.25, -0.2) is 0 Å². The van der Waals surface area contributed by atoms with Gasteiger partial charge in [-0.15, -0.1) is 0 Å². The number of fused-ring (bicyclic) bond motifs is 1. The van der Waals surface area contributed by atoms with Crippen LogP contribution in [0.25, 0.3) is 0 Å². The van der Waals surface area contributed by atoms with Crippen LogP contribution in [0.15, 0.2) is 62.0 Å². The van der Waals surface area contributed by atoms with Crippen molar-refractivity contribution in [2.75, 3.05) is 5.73 Å². The lowest BCUT2D eigenvalue weighted by molar-refractivity contribution is 0.0658. The average molecular weight is 617 g/mol. The second kappa shape index (κ2) is 15.8. The number of anilines is 1. The van der Waals surface area contributed by atoms with Crippen LogP contribution in [0.2, 0.25) is 0 Å². The van der Waals surface area contributed by atoms with Crippen molar-refractivity contribution in [2.24, 2.45) is 0 Å². The van der Waals surface area contributed by atoms with E-state index in [1.165, 1.54) is 54.5 Å². The van der Waals surface area contributed by atoms with E-state index < -0.39 is 0 Å². The first-order valence-electron chi connectivity index (χ1n) is 15.9. The molecule has 0 atom stereocenters. The van der Waals surface area contributed by atoms with Crippen molar-refractivity contribution in [1.82, 2.24) is 5.06 Å². The molecule has 3 aromatic carbocycles. The molecule has 1 aliphatic heterocycles. The molecule has 5 N–H and O–H groups in total. The number of benzene rings is 3. The second-order valence-corrected chi connectivity index (χ2v) is 13.8. The number of hydrogen-bond donors (Lipinski definition) is 4. The Morgan fingerprint density at radius 3 is 1.72 bits per heavy atom. The molecule has 0 aliphatic carbocycles. The van der Waals surface area contributed by atoms with Crippen LogP contribution in [-0.2, 0) is 12.8 Å². The molecule has 0 saturated carbocycles. The molecule has 4 rings (SSSR count). The van der Waals surface area contributed by atoms with E-state index in [9.17, 15) is 5.21 Å². The molecule has 0 spiro atoms. The Balaban J connectivity index is 1.95. The van der Waals surface area contributed by atoms with Gasteiger partial charge < -0.3 is 5.73 Å². The fourth-order valence-electron chi connectivity index (χ4n) is 5.86. The van der Waals surface area contributed by atoms with Gasteiger partial charge >= 0.3 is 0 Å². The summed E-state index contributed by atoms with van der Waals surface area (Å²) in [5.41, 5.74) is 13.3. The minimum Gasteiger partial charge on any atom is -0.398 e. The molecule has 43 heavy (non-hydrogen) atoms. The van der Waals surface area contributed by atoms with Crippen molar-refractivity contribution in [2.45, 2.75) is 124 Å². The zero-order chi connectivity index (χ0) is 30.9. The maximum Gasteiger partial charge on any atom is 0.160 e. The molecule has 0 unspecified atom stereocenters. The van der Waals surface area contributed by atoms with Gasteiger partial charge in [-0.2, -0.15) is 5.06 Å². The molecule has 7 heteroatoms. The number of rotatable bonds is 16. The minimum absolute atomic E-state index is 0.0155. The third-order valence-corrected chi connectivity index (χ3v) is 10.9.